The van der Waals surface area contributed by atoms with Crippen LogP contribution in [0.5, 0.6) is 0 Å². The summed E-state index contributed by atoms with van der Waals surface area (Å²) in [7, 11) is 0. The first-order chi connectivity index (χ1) is 6.54. The molecule has 1 N–H and O–H groups in total. The molecule has 0 saturated heterocycles. The van der Waals surface area contributed by atoms with Gasteiger partial charge in [-0.15, -0.1) is 0 Å². The van der Waals surface area contributed by atoms with Crippen LogP contribution in [0.25, 0.3) is 0 Å². The second-order valence-corrected chi connectivity index (χ2v) is 5.21. The van der Waals surface area contributed by atoms with Crippen molar-refractivity contribution in [3.63, 3.8) is 0 Å². The minimum Gasteiger partial charge on any atom is -0.396 e. The Kier molecular flexibility index (Phi) is 7.26. The molecule has 0 bridgehead atoms. The minimum atomic E-state index is 0.333. The molecule has 0 aliphatic carbocycles. The second kappa shape index (κ2) is 7.28. The van der Waals surface area contributed by atoms with Gasteiger partial charge < -0.3 is 5.11 Å². The molecular weight excluding hydrogens is 172 g/mol. The first-order valence-corrected chi connectivity index (χ1v) is 6.15. The molecule has 0 aromatic rings. The van der Waals surface area contributed by atoms with Gasteiger partial charge in [0, 0.05) is 6.61 Å². The maximum atomic E-state index is 8.91. The molecule has 0 aliphatic rings. The molecule has 1 atom stereocenters. The van der Waals surface area contributed by atoms with Gasteiger partial charge >= 0.3 is 0 Å². The van der Waals surface area contributed by atoms with Crippen molar-refractivity contribution >= 4 is 0 Å². The topological polar surface area (TPSA) is 20.2 Å². The van der Waals surface area contributed by atoms with Gasteiger partial charge in [0.25, 0.3) is 0 Å². The van der Waals surface area contributed by atoms with Crippen LogP contribution in [-0.2, 0) is 0 Å². The standard InChI is InChI=1S/C13H28O/c1-5-6-7-8-10-13(3,4)12(2)9-11-14/h12,14H,5-11H2,1-4H3. The van der Waals surface area contributed by atoms with Crippen molar-refractivity contribution in [2.45, 2.75) is 66.2 Å². The van der Waals surface area contributed by atoms with Gasteiger partial charge in [0.2, 0.25) is 0 Å². The van der Waals surface area contributed by atoms with Gasteiger partial charge in [-0.1, -0.05) is 53.4 Å². The Hall–Kier alpha value is -0.0400. The lowest BCUT2D eigenvalue weighted by molar-refractivity contribution is 0.157. The molecule has 1 nitrogen and oxygen atoms in total. The van der Waals surface area contributed by atoms with Crippen molar-refractivity contribution in [1.82, 2.24) is 0 Å². The van der Waals surface area contributed by atoms with Crippen LogP contribution in [0.4, 0.5) is 0 Å². The summed E-state index contributed by atoms with van der Waals surface area (Å²) in [5.41, 5.74) is 0.399. The lowest BCUT2D eigenvalue weighted by Gasteiger charge is -2.31. The summed E-state index contributed by atoms with van der Waals surface area (Å²) >= 11 is 0. The Labute approximate surface area is 89.9 Å². The Morgan fingerprint density at radius 2 is 1.79 bits per heavy atom. The van der Waals surface area contributed by atoms with E-state index in [2.05, 4.69) is 27.7 Å². The van der Waals surface area contributed by atoms with Crippen LogP contribution in [0.1, 0.15) is 66.2 Å². The fourth-order valence-corrected chi connectivity index (χ4v) is 1.84. The largest absolute Gasteiger partial charge is 0.396 e. The van der Waals surface area contributed by atoms with E-state index in [4.69, 9.17) is 5.11 Å². The summed E-state index contributed by atoms with van der Waals surface area (Å²) < 4.78 is 0. The van der Waals surface area contributed by atoms with Crippen LogP contribution in [-0.4, -0.2) is 11.7 Å². The van der Waals surface area contributed by atoms with Crippen LogP contribution in [0.15, 0.2) is 0 Å². The van der Waals surface area contributed by atoms with Crippen LogP contribution in [0.2, 0.25) is 0 Å². The summed E-state index contributed by atoms with van der Waals surface area (Å²) in [6, 6.07) is 0. The molecule has 1 heteroatoms. The number of hydrogen-bond donors (Lipinski definition) is 1. The Morgan fingerprint density at radius 3 is 2.29 bits per heavy atom. The molecule has 0 aromatic carbocycles. The lowest BCUT2D eigenvalue weighted by atomic mass is 9.74. The Morgan fingerprint density at radius 1 is 1.14 bits per heavy atom. The molecular formula is C13H28O. The average molecular weight is 200 g/mol. The molecule has 0 amide bonds. The van der Waals surface area contributed by atoms with Crippen molar-refractivity contribution in [3.8, 4) is 0 Å². The zero-order valence-electron chi connectivity index (χ0n) is 10.5. The molecule has 0 aliphatic heterocycles. The second-order valence-electron chi connectivity index (χ2n) is 5.21. The summed E-state index contributed by atoms with van der Waals surface area (Å²) in [4.78, 5) is 0. The fraction of sp³-hybridized carbons (Fsp3) is 1.00. The quantitative estimate of drug-likeness (QED) is 0.587. The normalized spacial score (nSPS) is 14.4. The monoisotopic (exact) mass is 200 g/mol. The van der Waals surface area contributed by atoms with Gasteiger partial charge in [0.05, 0.1) is 0 Å². The third-order valence-electron chi connectivity index (χ3n) is 3.57. The van der Waals surface area contributed by atoms with Crippen LogP contribution in [0, 0.1) is 11.3 Å². The predicted molar refractivity (Wildman–Crippen MR) is 63.4 cm³/mol. The van der Waals surface area contributed by atoms with Crippen molar-refractivity contribution in [1.29, 1.82) is 0 Å². The van der Waals surface area contributed by atoms with E-state index >= 15 is 0 Å². The van der Waals surface area contributed by atoms with E-state index in [1.165, 1.54) is 32.1 Å². The number of hydrogen-bond acceptors (Lipinski definition) is 1. The van der Waals surface area contributed by atoms with Crippen LogP contribution in [0.3, 0.4) is 0 Å². The van der Waals surface area contributed by atoms with Crippen molar-refractivity contribution < 1.29 is 5.11 Å². The molecule has 86 valence electrons. The lowest BCUT2D eigenvalue weighted by Crippen LogP contribution is -2.22. The minimum absolute atomic E-state index is 0.333. The van der Waals surface area contributed by atoms with Gasteiger partial charge in [0.1, 0.15) is 0 Å². The number of unbranched alkanes of at least 4 members (excludes halogenated alkanes) is 3. The van der Waals surface area contributed by atoms with Gasteiger partial charge in [-0.25, -0.2) is 0 Å². The molecule has 0 aromatic heterocycles. The van der Waals surface area contributed by atoms with Crippen LogP contribution < -0.4 is 0 Å². The molecule has 0 rings (SSSR count). The molecule has 0 heterocycles. The highest BCUT2D eigenvalue weighted by atomic mass is 16.3. The molecule has 0 fully saturated rings. The SMILES string of the molecule is CCCCCCC(C)(C)C(C)CCO. The molecule has 14 heavy (non-hydrogen) atoms. The smallest absolute Gasteiger partial charge is 0.0433 e. The zero-order valence-corrected chi connectivity index (χ0v) is 10.5. The fourth-order valence-electron chi connectivity index (χ4n) is 1.84. The molecule has 0 radical (unpaired) electrons. The van der Waals surface area contributed by atoms with E-state index in [-0.39, 0.29) is 0 Å². The zero-order chi connectivity index (χ0) is 11.0. The maximum absolute atomic E-state index is 8.91. The first kappa shape index (κ1) is 14.0. The van der Waals surface area contributed by atoms with E-state index < -0.39 is 0 Å². The summed E-state index contributed by atoms with van der Waals surface area (Å²) in [5.74, 6) is 0.633. The highest BCUT2D eigenvalue weighted by Crippen LogP contribution is 2.34. The van der Waals surface area contributed by atoms with E-state index in [1.807, 2.05) is 0 Å². The van der Waals surface area contributed by atoms with E-state index in [0.717, 1.165) is 6.42 Å². The maximum Gasteiger partial charge on any atom is 0.0433 e. The van der Waals surface area contributed by atoms with Crippen LogP contribution >= 0.6 is 0 Å². The third kappa shape index (κ3) is 5.64. The van der Waals surface area contributed by atoms with E-state index in [9.17, 15) is 0 Å². The highest BCUT2D eigenvalue weighted by Gasteiger charge is 2.24. The molecule has 0 saturated carbocycles. The molecule has 1 unspecified atom stereocenters. The van der Waals surface area contributed by atoms with Gasteiger partial charge in [-0.3, -0.25) is 0 Å². The number of rotatable bonds is 8. The number of aliphatic hydroxyl groups is 1. The summed E-state index contributed by atoms with van der Waals surface area (Å²) in [5, 5.41) is 8.91. The number of aliphatic hydroxyl groups excluding tert-OH is 1. The van der Waals surface area contributed by atoms with Gasteiger partial charge in [-0.05, 0) is 24.2 Å². The van der Waals surface area contributed by atoms with Crippen molar-refractivity contribution in [3.05, 3.63) is 0 Å². The average Bonchev–Trinajstić information content (AvgIpc) is 2.13. The highest BCUT2D eigenvalue weighted by molar-refractivity contribution is 4.75. The van der Waals surface area contributed by atoms with E-state index in [1.54, 1.807) is 0 Å². The first-order valence-electron chi connectivity index (χ1n) is 6.15. The third-order valence-corrected chi connectivity index (χ3v) is 3.57. The molecule has 0 spiro atoms. The van der Waals surface area contributed by atoms with Crippen molar-refractivity contribution in [2.24, 2.45) is 11.3 Å². The van der Waals surface area contributed by atoms with Gasteiger partial charge in [0.15, 0.2) is 0 Å². The Bertz CT molecular complexity index is 129. The summed E-state index contributed by atoms with van der Waals surface area (Å²) in [6.45, 7) is 9.51. The van der Waals surface area contributed by atoms with Crippen molar-refractivity contribution in [2.75, 3.05) is 6.61 Å². The predicted octanol–water partition coefficient (Wildman–Crippen LogP) is 4.00. The summed E-state index contributed by atoms with van der Waals surface area (Å²) in [6.07, 6.45) is 7.63. The van der Waals surface area contributed by atoms with Gasteiger partial charge in [-0.2, -0.15) is 0 Å². The van der Waals surface area contributed by atoms with E-state index in [0.29, 0.717) is 17.9 Å². The Balaban J connectivity index is 3.69.